The van der Waals surface area contributed by atoms with E-state index in [0.29, 0.717) is 26.1 Å². The van der Waals surface area contributed by atoms with Crippen LogP contribution in [-0.2, 0) is 9.53 Å². The summed E-state index contributed by atoms with van der Waals surface area (Å²) in [5.74, 6) is -0.925. The SMILES string of the molecule is COCCC(C)(C)CNC(=O)N1CCCC1C(=O)O. The van der Waals surface area contributed by atoms with Crippen molar-refractivity contribution in [2.24, 2.45) is 5.41 Å². The number of amides is 2. The lowest BCUT2D eigenvalue weighted by atomic mass is 9.90. The topological polar surface area (TPSA) is 78.9 Å². The number of carboxylic acid groups (broad SMARTS) is 1. The smallest absolute Gasteiger partial charge is 0.326 e. The van der Waals surface area contributed by atoms with Crippen molar-refractivity contribution in [1.29, 1.82) is 0 Å². The minimum absolute atomic E-state index is 0.0654. The Hall–Kier alpha value is -1.30. The zero-order valence-electron chi connectivity index (χ0n) is 11.9. The number of carbonyl (C=O) groups excluding carboxylic acids is 1. The van der Waals surface area contributed by atoms with Gasteiger partial charge in [0.2, 0.25) is 0 Å². The number of likely N-dealkylation sites (tertiary alicyclic amines) is 1. The van der Waals surface area contributed by atoms with E-state index in [-0.39, 0.29) is 11.4 Å². The quantitative estimate of drug-likeness (QED) is 0.764. The van der Waals surface area contributed by atoms with Crippen molar-refractivity contribution in [1.82, 2.24) is 10.2 Å². The van der Waals surface area contributed by atoms with Gasteiger partial charge in [-0.15, -0.1) is 0 Å². The molecule has 0 aromatic carbocycles. The zero-order valence-corrected chi connectivity index (χ0v) is 11.9. The molecule has 1 rings (SSSR count). The molecule has 0 spiro atoms. The molecule has 0 aromatic rings. The lowest BCUT2D eigenvalue weighted by Gasteiger charge is -2.27. The first kappa shape index (κ1) is 15.8. The van der Waals surface area contributed by atoms with Crippen molar-refractivity contribution >= 4 is 12.0 Å². The number of carbonyl (C=O) groups is 2. The first-order valence-electron chi connectivity index (χ1n) is 6.63. The summed E-state index contributed by atoms with van der Waals surface area (Å²) in [7, 11) is 1.65. The van der Waals surface area contributed by atoms with Crippen LogP contribution in [0.4, 0.5) is 4.79 Å². The van der Waals surface area contributed by atoms with Crippen molar-refractivity contribution in [3.05, 3.63) is 0 Å². The van der Waals surface area contributed by atoms with Gasteiger partial charge in [0.05, 0.1) is 0 Å². The molecule has 1 unspecified atom stereocenters. The van der Waals surface area contributed by atoms with Crippen LogP contribution in [0.1, 0.15) is 33.1 Å². The molecular weight excluding hydrogens is 248 g/mol. The van der Waals surface area contributed by atoms with E-state index < -0.39 is 12.0 Å². The molecule has 19 heavy (non-hydrogen) atoms. The van der Waals surface area contributed by atoms with Gasteiger partial charge in [-0.25, -0.2) is 9.59 Å². The van der Waals surface area contributed by atoms with Crippen LogP contribution in [0, 0.1) is 5.41 Å². The molecule has 1 fully saturated rings. The maximum atomic E-state index is 12.0. The molecule has 6 heteroatoms. The maximum absolute atomic E-state index is 12.0. The number of hydrogen-bond donors (Lipinski definition) is 2. The molecule has 2 amide bonds. The summed E-state index contributed by atoms with van der Waals surface area (Å²) in [6.45, 7) is 5.76. The molecule has 0 aliphatic carbocycles. The number of rotatable bonds is 6. The van der Waals surface area contributed by atoms with Gasteiger partial charge in [0, 0.05) is 26.8 Å². The number of carboxylic acids is 1. The monoisotopic (exact) mass is 272 g/mol. The van der Waals surface area contributed by atoms with E-state index in [1.165, 1.54) is 4.90 Å². The largest absolute Gasteiger partial charge is 0.480 e. The Morgan fingerprint density at radius 2 is 2.16 bits per heavy atom. The average molecular weight is 272 g/mol. The number of urea groups is 1. The molecule has 0 saturated carbocycles. The average Bonchev–Trinajstić information content (AvgIpc) is 2.83. The Morgan fingerprint density at radius 1 is 1.47 bits per heavy atom. The van der Waals surface area contributed by atoms with Crippen LogP contribution >= 0.6 is 0 Å². The Morgan fingerprint density at radius 3 is 2.74 bits per heavy atom. The van der Waals surface area contributed by atoms with E-state index in [1.807, 2.05) is 13.8 Å². The van der Waals surface area contributed by atoms with Gasteiger partial charge in [0.1, 0.15) is 6.04 Å². The van der Waals surface area contributed by atoms with Gasteiger partial charge in [-0.2, -0.15) is 0 Å². The Balaban J connectivity index is 2.44. The molecule has 1 heterocycles. The third-order valence-corrected chi connectivity index (χ3v) is 3.50. The predicted molar refractivity (Wildman–Crippen MR) is 71.0 cm³/mol. The number of ether oxygens (including phenoxy) is 1. The fourth-order valence-electron chi connectivity index (χ4n) is 2.15. The summed E-state index contributed by atoms with van der Waals surface area (Å²) < 4.78 is 5.03. The summed E-state index contributed by atoms with van der Waals surface area (Å²) in [5, 5.41) is 11.9. The lowest BCUT2D eigenvalue weighted by molar-refractivity contribution is -0.141. The summed E-state index contributed by atoms with van der Waals surface area (Å²) in [5.41, 5.74) is -0.0654. The molecule has 1 saturated heterocycles. The van der Waals surface area contributed by atoms with Crippen molar-refractivity contribution in [3.8, 4) is 0 Å². The van der Waals surface area contributed by atoms with Crippen LogP contribution in [0.3, 0.4) is 0 Å². The van der Waals surface area contributed by atoms with Gasteiger partial charge >= 0.3 is 12.0 Å². The fraction of sp³-hybridized carbons (Fsp3) is 0.846. The maximum Gasteiger partial charge on any atom is 0.326 e. The van der Waals surface area contributed by atoms with Gasteiger partial charge in [0.15, 0.2) is 0 Å². The molecule has 2 N–H and O–H groups in total. The molecule has 110 valence electrons. The number of aliphatic carboxylic acids is 1. The molecule has 0 bridgehead atoms. The van der Waals surface area contributed by atoms with Gasteiger partial charge in [-0.3, -0.25) is 0 Å². The van der Waals surface area contributed by atoms with E-state index in [0.717, 1.165) is 12.8 Å². The third-order valence-electron chi connectivity index (χ3n) is 3.50. The highest BCUT2D eigenvalue weighted by molar-refractivity contribution is 5.83. The van der Waals surface area contributed by atoms with Crippen LogP contribution in [0.25, 0.3) is 0 Å². The molecule has 1 aliphatic rings. The van der Waals surface area contributed by atoms with E-state index in [1.54, 1.807) is 7.11 Å². The highest BCUT2D eigenvalue weighted by Gasteiger charge is 2.34. The van der Waals surface area contributed by atoms with Crippen LogP contribution in [-0.4, -0.2) is 54.9 Å². The van der Waals surface area contributed by atoms with Gasteiger partial charge < -0.3 is 20.1 Å². The fourth-order valence-corrected chi connectivity index (χ4v) is 2.15. The van der Waals surface area contributed by atoms with Gasteiger partial charge in [-0.1, -0.05) is 13.8 Å². The molecule has 6 nitrogen and oxygen atoms in total. The van der Waals surface area contributed by atoms with Crippen molar-refractivity contribution in [2.75, 3.05) is 26.8 Å². The normalized spacial score (nSPS) is 19.5. The van der Waals surface area contributed by atoms with E-state index in [2.05, 4.69) is 5.32 Å². The summed E-state index contributed by atoms with van der Waals surface area (Å²) >= 11 is 0. The Bertz CT molecular complexity index is 331. The highest BCUT2D eigenvalue weighted by atomic mass is 16.5. The van der Waals surface area contributed by atoms with Crippen LogP contribution in [0.2, 0.25) is 0 Å². The first-order valence-corrected chi connectivity index (χ1v) is 6.63. The lowest BCUT2D eigenvalue weighted by Crippen LogP contribution is -2.48. The second-order valence-corrected chi connectivity index (χ2v) is 5.76. The van der Waals surface area contributed by atoms with E-state index >= 15 is 0 Å². The molecule has 1 aliphatic heterocycles. The van der Waals surface area contributed by atoms with Gasteiger partial charge in [-0.05, 0) is 24.7 Å². The molecule has 1 atom stereocenters. The van der Waals surface area contributed by atoms with Gasteiger partial charge in [0.25, 0.3) is 0 Å². The number of methoxy groups -OCH3 is 1. The number of hydrogen-bond acceptors (Lipinski definition) is 3. The molecule has 0 radical (unpaired) electrons. The minimum atomic E-state index is -0.925. The van der Waals surface area contributed by atoms with Crippen molar-refractivity contribution < 1.29 is 19.4 Å². The first-order chi connectivity index (χ1) is 8.87. The second kappa shape index (κ2) is 6.75. The molecule has 0 aromatic heterocycles. The van der Waals surface area contributed by atoms with E-state index in [9.17, 15) is 9.59 Å². The highest BCUT2D eigenvalue weighted by Crippen LogP contribution is 2.20. The van der Waals surface area contributed by atoms with Crippen LogP contribution < -0.4 is 5.32 Å². The van der Waals surface area contributed by atoms with Crippen molar-refractivity contribution in [3.63, 3.8) is 0 Å². The second-order valence-electron chi connectivity index (χ2n) is 5.76. The minimum Gasteiger partial charge on any atom is -0.480 e. The summed E-state index contributed by atoms with van der Waals surface area (Å²) in [6.07, 6.45) is 2.12. The standard InChI is InChI=1S/C13H24N2O4/c1-13(2,6-8-19-3)9-14-12(18)15-7-4-5-10(15)11(16)17/h10H,4-9H2,1-3H3,(H,14,18)(H,16,17). The third kappa shape index (κ3) is 4.70. The van der Waals surface area contributed by atoms with Crippen LogP contribution in [0.15, 0.2) is 0 Å². The van der Waals surface area contributed by atoms with Crippen LogP contribution in [0.5, 0.6) is 0 Å². The predicted octanol–water partition coefficient (Wildman–Crippen LogP) is 1.31. The zero-order chi connectivity index (χ0) is 14.5. The van der Waals surface area contributed by atoms with E-state index in [4.69, 9.17) is 9.84 Å². The Labute approximate surface area is 114 Å². The summed E-state index contributed by atoms with van der Waals surface area (Å²) in [4.78, 5) is 24.4. The molecular formula is C13H24N2O4. The number of nitrogens with one attached hydrogen (secondary N) is 1. The summed E-state index contributed by atoms with van der Waals surface area (Å²) in [6, 6.07) is -0.961. The van der Waals surface area contributed by atoms with Crippen molar-refractivity contribution in [2.45, 2.75) is 39.2 Å². The number of nitrogens with zero attached hydrogens (tertiary/aromatic N) is 1. The Kier molecular flexibility index (Phi) is 5.60.